The van der Waals surface area contributed by atoms with Gasteiger partial charge < -0.3 is 19.5 Å². The van der Waals surface area contributed by atoms with Gasteiger partial charge >= 0.3 is 0 Å². The van der Waals surface area contributed by atoms with Crippen LogP contribution in [0.3, 0.4) is 0 Å². The number of methoxy groups -OCH3 is 2. The number of likely N-dealkylation sites (tertiary alicyclic amines) is 1. The molecule has 6 nitrogen and oxygen atoms in total. The normalized spacial score (nSPS) is 18.7. The highest BCUT2D eigenvalue weighted by atomic mass is 35.5. The minimum absolute atomic E-state index is 0.00621. The van der Waals surface area contributed by atoms with Crippen LogP contribution < -0.4 is 9.47 Å². The fourth-order valence-electron chi connectivity index (χ4n) is 3.12. The number of hydrogen-bond acceptors (Lipinski definition) is 5. The number of likely N-dealkylation sites (N-methyl/N-ethyl adjacent to an activating group) is 1. The maximum atomic E-state index is 12.6. The molecule has 0 saturated carbocycles. The Labute approximate surface area is 161 Å². The van der Waals surface area contributed by atoms with Crippen LogP contribution in [0.2, 0.25) is 5.02 Å². The van der Waals surface area contributed by atoms with E-state index in [9.17, 15) is 14.7 Å². The van der Waals surface area contributed by atoms with E-state index in [0.29, 0.717) is 27.6 Å². The van der Waals surface area contributed by atoms with Crippen LogP contribution in [0.5, 0.6) is 11.5 Å². The quantitative estimate of drug-likeness (QED) is 0.494. The minimum Gasteiger partial charge on any atom is -0.507 e. The van der Waals surface area contributed by atoms with Gasteiger partial charge in [-0.3, -0.25) is 9.59 Å². The third kappa shape index (κ3) is 3.24. The molecule has 1 aliphatic heterocycles. The summed E-state index contributed by atoms with van der Waals surface area (Å²) >= 11 is 5.89. The van der Waals surface area contributed by atoms with Gasteiger partial charge in [0.1, 0.15) is 17.3 Å². The number of halogens is 1. The zero-order chi connectivity index (χ0) is 19.7. The molecule has 0 aromatic heterocycles. The highest BCUT2D eigenvalue weighted by Gasteiger charge is 2.45. The lowest BCUT2D eigenvalue weighted by molar-refractivity contribution is -0.139. The molecule has 1 aliphatic rings. The average Bonchev–Trinajstić information content (AvgIpc) is 2.91. The largest absolute Gasteiger partial charge is 0.507 e. The molecule has 1 unspecified atom stereocenters. The summed E-state index contributed by atoms with van der Waals surface area (Å²) in [4.78, 5) is 26.2. The van der Waals surface area contributed by atoms with Crippen molar-refractivity contribution in [2.24, 2.45) is 0 Å². The van der Waals surface area contributed by atoms with Crippen LogP contribution in [0.1, 0.15) is 17.2 Å². The Morgan fingerprint density at radius 3 is 2.33 bits per heavy atom. The van der Waals surface area contributed by atoms with Gasteiger partial charge in [0, 0.05) is 29.3 Å². The number of ketones is 1. The lowest BCUT2D eigenvalue weighted by Crippen LogP contribution is -2.25. The first-order chi connectivity index (χ1) is 12.9. The van der Waals surface area contributed by atoms with E-state index >= 15 is 0 Å². The van der Waals surface area contributed by atoms with Crippen molar-refractivity contribution in [2.45, 2.75) is 6.04 Å². The topological polar surface area (TPSA) is 76.1 Å². The number of aliphatic hydroxyl groups excluding tert-OH is 1. The fraction of sp³-hybridized carbons (Fsp3) is 0.200. The van der Waals surface area contributed by atoms with Gasteiger partial charge in [-0.05, 0) is 36.4 Å². The van der Waals surface area contributed by atoms with Gasteiger partial charge in [-0.25, -0.2) is 0 Å². The molecule has 0 spiro atoms. The number of carbonyl (C=O) groups excluding carboxylic acids is 2. The van der Waals surface area contributed by atoms with Crippen LogP contribution in [0, 0.1) is 0 Å². The van der Waals surface area contributed by atoms with Crippen molar-refractivity contribution in [3.05, 3.63) is 64.2 Å². The van der Waals surface area contributed by atoms with Crippen LogP contribution in [-0.4, -0.2) is 43.0 Å². The van der Waals surface area contributed by atoms with Crippen LogP contribution >= 0.6 is 11.6 Å². The number of aliphatic hydroxyl groups is 1. The smallest absolute Gasteiger partial charge is 0.295 e. The Hall–Kier alpha value is -2.99. The van der Waals surface area contributed by atoms with Crippen molar-refractivity contribution >= 4 is 29.1 Å². The van der Waals surface area contributed by atoms with Gasteiger partial charge in [-0.1, -0.05) is 11.6 Å². The van der Waals surface area contributed by atoms with E-state index in [2.05, 4.69) is 0 Å². The monoisotopic (exact) mass is 387 g/mol. The third-order valence-corrected chi connectivity index (χ3v) is 4.78. The summed E-state index contributed by atoms with van der Waals surface area (Å²) in [6, 6.07) is 10.7. The number of Topliss-reactive ketones (excluding diaryl/α,β-unsaturated/α-hetero) is 1. The molecule has 0 aliphatic carbocycles. The summed E-state index contributed by atoms with van der Waals surface area (Å²) in [6.45, 7) is 0. The summed E-state index contributed by atoms with van der Waals surface area (Å²) in [5.74, 6) is -0.713. The first kappa shape index (κ1) is 18.8. The average molecular weight is 388 g/mol. The second kappa shape index (κ2) is 7.32. The molecule has 140 valence electrons. The van der Waals surface area contributed by atoms with Gasteiger partial charge in [0.25, 0.3) is 11.7 Å². The van der Waals surface area contributed by atoms with Crippen LogP contribution in [0.25, 0.3) is 5.76 Å². The number of carbonyl (C=O) groups is 2. The SMILES string of the molecule is COc1ccc(C2C(=C(O)c3ccc(Cl)cc3)C(=O)C(=O)N2C)c(OC)c1. The van der Waals surface area contributed by atoms with E-state index in [1.54, 1.807) is 42.5 Å². The van der Waals surface area contributed by atoms with Crippen molar-refractivity contribution in [3.8, 4) is 11.5 Å². The predicted molar refractivity (Wildman–Crippen MR) is 101 cm³/mol. The van der Waals surface area contributed by atoms with Crippen LogP contribution in [0.4, 0.5) is 0 Å². The second-order valence-corrected chi connectivity index (χ2v) is 6.46. The molecule has 3 rings (SSSR count). The Bertz CT molecular complexity index is 936. The summed E-state index contributed by atoms with van der Waals surface area (Å²) < 4.78 is 10.6. The van der Waals surface area contributed by atoms with Gasteiger partial charge in [0.15, 0.2) is 0 Å². The van der Waals surface area contributed by atoms with Gasteiger partial charge in [-0.15, -0.1) is 0 Å². The molecule has 2 aromatic rings. The number of amides is 1. The van der Waals surface area contributed by atoms with E-state index in [0.717, 1.165) is 0 Å². The lowest BCUT2D eigenvalue weighted by atomic mass is 9.94. The summed E-state index contributed by atoms with van der Waals surface area (Å²) in [5, 5.41) is 11.3. The zero-order valence-corrected chi connectivity index (χ0v) is 15.8. The number of rotatable bonds is 4. The summed E-state index contributed by atoms with van der Waals surface area (Å²) in [6.07, 6.45) is 0. The van der Waals surface area contributed by atoms with Crippen molar-refractivity contribution in [1.29, 1.82) is 0 Å². The molecule has 1 saturated heterocycles. The van der Waals surface area contributed by atoms with Crippen LogP contribution in [0.15, 0.2) is 48.0 Å². The molecule has 1 atom stereocenters. The molecular formula is C20H18ClNO5. The lowest BCUT2D eigenvalue weighted by Gasteiger charge is -2.23. The highest BCUT2D eigenvalue weighted by Crippen LogP contribution is 2.42. The molecule has 7 heteroatoms. The molecule has 0 bridgehead atoms. The van der Waals surface area contributed by atoms with Crippen molar-refractivity contribution in [3.63, 3.8) is 0 Å². The first-order valence-electron chi connectivity index (χ1n) is 8.11. The first-order valence-corrected chi connectivity index (χ1v) is 8.49. The second-order valence-electron chi connectivity index (χ2n) is 6.02. The molecule has 1 heterocycles. The van der Waals surface area contributed by atoms with Crippen molar-refractivity contribution < 1.29 is 24.2 Å². The van der Waals surface area contributed by atoms with Gasteiger partial charge in [-0.2, -0.15) is 0 Å². The number of benzene rings is 2. The molecule has 1 amide bonds. The van der Waals surface area contributed by atoms with E-state index in [-0.39, 0.29) is 11.3 Å². The Morgan fingerprint density at radius 2 is 1.74 bits per heavy atom. The molecule has 1 fully saturated rings. The van der Waals surface area contributed by atoms with Crippen molar-refractivity contribution in [2.75, 3.05) is 21.3 Å². The Kier molecular flexibility index (Phi) is 5.10. The standard InChI is InChI=1S/C20H18ClNO5/c1-22-17(14-9-8-13(26-2)10-15(14)27-3)16(19(24)20(22)25)18(23)11-4-6-12(21)7-5-11/h4-10,17,23H,1-3H3. The Morgan fingerprint density at radius 1 is 1.07 bits per heavy atom. The molecule has 1 N–H and O–H groups in total. The molecule has 2 aromatic carbocycles. The molecular weight excluding hydrogens is 370 g/mol. The molecule has 0 radical (unpaired) electrons. The number of nitrogens with zero attached hydrogens (tertiary/aromatic N) is 1. The maximum Gasteiger partial charge on any atom is 0.295 e. The summed E-state index contributed by atoms with van der Waals surface area (Å²) in [5.41, 5.74) is 0.951. The Balaban J connectivity index is 2.20. The fourth-order valence-corrected chi connectivity index (χ4v) is 3.25. The maximum absolute atomic E-state index is 12.6. The van der Waals surface area contributed by atoms with Crippen molar-refractivity contribution in [1.82, 2.24) is 4.90 Å². The van der Waals surface area contributed by atoms with Gasteiger partial charge in [0.2, 0.25) is 0 Å². The number of hydrogen-bond donors (Lipinski definition) is 1. The number of ether oxygens (including phenoxy) is 2. The van der Waals surface area contributed by atoms with E-state index in [1.165, 1.54) is 26.2 Å². The zero-order valence-electron chi connectivity index (χ0n) is 15.0. The predicted octanol–water partition coefficient (Wildman–Crippen LogP) is 3.41. The minimum atomic E-state index is -0.790. The van der Waals surface area contributed by atoms with E-state index in [4.69, 9.17) is 21.1 Å². The summed E-state index contributed by atoms with van der Waals surface area (Å²) in [7, 11) is 4.52. The van der Waals surface area contributed by atoms with Crippen LogP contribution in [-0.2, 0) is 9.59 Å². The molecule has 27 heavy (non-hydrogen) atoms. The van der Waals surface area contributed by atoms with E-state index < -0.39 is 17.7 Å². The highest BCUT2D eigenvalue weighted by molar-refractivity contribution is 6.46. The third-order valence-electron chi connectivity index (χ3n) is 4.53. The van der Waals surface area contributed by atoms with Gasteiger partial charge in [0.05, 0.1) is 25.8 Å². The van der Waals surface area contributed by atoms with E-state index in [1.807, 2.05) is 0 Å².